The SMILES string of the molecule is C1CCNC1.CCCc1ccccc1OCc1cccc(C)c1.CCc1ccccc1OCc1cccc(C)c1. The summed E-state index contributed by atoms with van der Waals surface area (Å²) in [6, 6.07) is 33.4. The fourth-order valence-electron chi connectivity index (χ4n) is 4.61. The molecule has 0 atom stereocenters. The number of hydrogen-bond acceptors (Lipinski definition) is 3. The monoisotopic (exact) mass is 537 g/mol. The van der Waals surface area contributed by atoms with E-state index in [1.165, 1.54) is 59.3 Å². The van der Waals surface area contributed by atoms with E-state index in [0.29, 0.717) is 13.2 Å². The van der Waals surface area contributed by atoms with Gasteiger partial charge in [-0.1, -0.05) is 116 Å². The van der Waals surface area contributed by atoms with Crippen LogP contribution < -0.4 is 14.8 Å². The molecule has 1 aliphatic heterocycles. The van der Waals surface area contributed by atoms with Crippen LogP contribution in [-0.4, -0.2) is 13.1 Å². The van der Waals surface area contributed by atoms with E-state index in [1.807, 2.05) is 18.2 Å². The van der Waals surface area contributed by atoms with Crippen molar-refractivity contribution in [2.75, 3.05) is 13.1 Å². The predicted octanol–water partition coefficient (Wildman–Crippen LogP) is 9.03. The van der Waals surface area contributed by atoms with Gasteiger partial charge in [0.1, 0.15) is 24.7 Å². The first kappa shape index (κ1) is 31.0. The molecule has 0 amide bonds. The van der Waals surface area contributed by atoms with Crippen molar-refractivity contribution in [1.29, 1.82) is 0 Å². The number of nitrogens with one attached hydrogen (secondary N) is 1. The summed E-state index contributed by atoms with van der Waals surface area (Å²) in [6.45, 7) is 12.3. The lowest BCUT2D eigenvalue weighted by molar-refractivity contribution is 0.302. The summed E-state index contributed by atoms with van der Waals surface area (Å²) in [7, 11) is 0. The Morgan fingerprint density at radius 3 is 1.55 bits per heavy atom. The second kappa shape index (κ2) is 17.9. The maximum absolute atomic E-state index is 5.93. The zero-order chi connectivity index (χ0) is 28.4. The van der Waals surface area contributed by atoms with E-state index in [1.54, 1.807) is 0 Å². The zero-order valence-electron chi connectivity index (χ0n) is 24.9. The van der Waals surface area contributed by atoms with Gasteiger partial charge < -0.3 is 14.8 Å². The Bertz CT molecular complexity index is 1250. The van der Waals surface area contributed by atoms with Crippen molar-refractivity contribution in [3.63, 3.8) is 0 Å². The number of para-hydroxylation sites is 2. The van der Waals surface area contributed by atoms with Crippen LogP contribution in [-0.2, 0) is 26.1 Å². The molecule has 40 heavy (non-hydrogen) atoms. The Morgan fingerprint density at radius 1 is 0.600 bits per heavy atom. The van der Waals surface area contributed by atoms with Crippen LogP contribution in [0.2, 0.25) is 0 Å². The first-order chi connectivity index (χ1) is 19.6. The smallest absolute Gasteiger partial charge is 0.122 e. The van der Waals surface area contributed by atoms with Crippen LogP contribution in [0.25, 0.3) is 0 Å². The molecule has 0 radical (unpaired) electrons. The van der Waals surface area contributed by atoms with Crippen molar-refractivity contribution < 1.29 is 9.47 Å². The van der Waals surface area contributed by atoms with Crippen LogP contribution in [0.5, 0.6) is 11.5 Å². The number of benzene rings is 4. The topological polar surface area (TPSA) is 30.5 Å². The van der Waals surface area contributed by atoms with Crippen molar-refractivity contribution in [2.24, 2.45) is 0 Å². The number of aryl methyl sites for hydroxylation is 4. The van der Waals surface area contributed by atoms with E-state index < -0.39 is 0 Å². The van der Waals surface area contributed by atoms with Gasteiger partial charge in [0.15, 0.2) is 0 Å². The Balaban J connectivity index is 0.000000188. The molecule has 1 N–H and O–H groups in total. The van der Waals surface area contributed by atoms with Gasteiger partial charge in [-0.2, -0.15) is 0 Å². The van der Waals surface area contributed by atoms with Crippen LogP contribution in [0.4, 0.5) is 0 Å². The first-order valence-corrected chi connectivity index (χ1v) is 14.8. The minimum Gasteiger partial charge on any atom is -0.489 e. The highest BCUT2D eigenvalue weighted by atomic mass is 16.5. The van der Waals surface area contributed by atoms with Crippen molar-refractivity contribution in [3.05, 3.63) is 130 Å². The second-order valence-electron chi connectivity index (χ2n) is 10.3. The largest absolute Gasteiger partial charge is 0.489 e. The fourth-order valence-corrected chi connectivity index (χ4v) is 4.61. The Hall–Kier alpha value is -3.56. The van der Waals surface area contributed by atoms with Crippen LogP contribution in [0.3, 0.4) is 0 Å². The van der Waals surface area contributed by atoms with Gasteiger partial charge in [0, 0.05) is 0 Å². The van der Waals surface area contributed by atoms with E-state index >= 15 is 0 Å². The Kier molecular flexibility index (Phi) is 13.9. The van der Waals surface area contributed by atoms with Gasteiger partial charge in [0.05, 0.1) is 0 Å². The van der Waals surface area contributed by atoms with Crippen molar-refractivity contribution in [2.45, 2.75) is 73.0 Å². The van der Waals surface area contributed by atoms with Gasteiger partial charge in [-0.3, -0.25) is 0 Å². The van der Waals surface area contributed by atoms with Crippen molar-refractivity contribution >= 4 is 0 Å². The number of hydrogen-bond donors (Lipinski definition) is 1. The molecule has 0 saturated carbocycles. The number of rotatable bonds is 9. The summed E-state index contributed by atoms with van der Waals surface area (Å²) in [5.74, 6) is 2.01. The molecule has 1 saturated heterocycles. The molecular formula is C37H47NO2. The Labute approximate surface area is 242 Å². The van der Waals surface area contributed by atoms with Gasteiger partial charge in [0.25, 0.3) is 0 Å². The Morgan fingerprint density at radius 2 is 1.10 bits per heavy atom. The lowest BCUT2D eigenvalue weighted by atomic mass is 10.1. The molecule has 0 spiro atoms. The fraction of sp³-hybridized carbons (Fsp3) is 0.351. The molecule has 3 nitrogen and oxygen atoms in total. The van der Waals surface area contributed by atoms with E-state index in [2.05, 4.69) is 112 Å². The van der Waals surface area contributed by atoms with Crippen molar-refractivity contribution in [3.8, 4) is 11.5 Å². The summed E-state index contributed by atoms with van der Waals surface area (Å²) in [6.07, 6.45) is 6.00. The molecule has 0 aromatic heterocycles. The highest BCUT2D eigenvalue weighted by Crippen LogP contribution is 2.21. The van der Waals surface area contributed by atoms with Gasteiger partial charge >= 0.3 is 0 Å². The van der Waals surface area contributed by atoms with Crippen LogP contribution >= 0.6 is 0 Å². The molecule has 0 unspecified atom stereocenters. The standard InChI is InChI=1S/C17H20O.C16H18O.C4H9N/c1-3-7-16-10-4-5-11-17(16)18-13-15-9-6-8-14(2)12-15;1-3-15-9-4-5-10-16(15)17-12-14-8-6-7-13(2)11-14;1-2-4-5-3-1/h4-6,8-12H,3,7,13H2,1-2H3;4-11H,3,12H2,1-2H3;5H,1-4H2. The third-order valence-corrected chi connectivity index (χ3v) is 6.76. The summed E-state index contributed by atoms with van der Waals surface area (Å²) >= 11 is 0. The summed E-state index contributed by atoms with van der Waals surface area (Å²) < 4.78 is 11.8. The maximum atomic E-state index is 5.93. The molecule has 0 aliphatic carbocycles. The number of ether oxygens (including phenoxy) is 2. The molecular weight excluding hydrogens is 490 g/mol. The van der Waals surface area contributed by atoms with Gasteiger partial charge in [-0.05, 0) is 87.0 Å². The molecule has 1 fully saturated rings. The lowest BCUT2D eigenvalue weighted by Gasteiger charge is -2.11. The molecule has 1 heterocycles. The minimum atomic E-state index is 0.638. The average Bonchev–Trinajstić information content (AvgIpc) is 3.57. The van der Waals surface area contributed by atoms with Crippen LogP contribution in [0.1, 0.15) is 66.5 Å². The van der Waals surface area contributed by atoms with Crippen LogP contribution in [0.15, 0.2) is 97.1 Å². The van der Waals surface area contributed by atoms with Gasteiger partial charge in [-0.25, -0.2) is 0 Å². The third kappa shape index (κ3) is 11.3. The zero-order valence-corrected chi connectivity index (χ0v) is 24.9. The quantitative estimate of drug-likeness (QED) is 0.231. The predicted molar refractivity (Wildman–Crippen MR) is 169 cm³/mol. The summed E-state index contributed by atoms with van der Waals surface area (Å²) in [5.41, 5.74) is 7.55. The third-order valence-electron chi connectivity index (χ3n) is 6.76. The lowest BCUT2D eigenvalue weighted by Crippen LogP contribution is -2.03. The van der Waals surface area contributed by atoms with E-state index in [4.69, 9.17) is 9.47 Å². The molecule has 5 rings (SSSR count). The van der Waals surface area contributed by atoms with Crippen LogP contribution in [0, 0.1) is 13.8 Å². The van der Waals surface area contributed by atoms with Gasteiger partial charge in [-0.15, -0.1) is 0 Å². The molecule has 0 bridgehead atoms. The van der Waals surface area contributed by atoms with E-state index in [-0.39, 0.29) is 0 Å². The maximum Gasteiger partial charge on any atom is 0.122 e. The minimum absolute atomic E-state index is 0.638. The average molecular weight is 538 g/mol. The van der Waals surface area contributed by atoms with Crippen molar-refractivity contribution in [1.82, 2.24) is 5.32 Å². The second-order valence-corrected chi connectivity index (χ2v) is 10.3. The highest BCUT2D eigenvalue weighted by Gasteiger charge is 2.03. The first-order valence-electron chi connectivity index (χ1n) is 14.8. The molecule has 4 aromatic rings. The van der Waals surface area contributed by atoms with E-state index in [0.717, 1.165) is 30.8 Å². The normalized spacial score (nSPS) is 12.0. The molecule has 212 valence electrons. The molecule has 4 aromatic carbocycles. The van der Waals surface area contributed by atoms with E-state index in [9.17, 15) is 0 Å². The highest BCUT2D eigenvalue weighted by molar-refractivity contribution is 5.34. The van der Waals surface area contributed by atoms with Gasteiger partial charge in [0.2, 0.25) is 0 Å². The molecule has 1 aliphatic rings. The molecule has 3 heteroatoms. The summed E-state index contributed by atoms with van der Waals surface area (Å²) in [4.78, 5) is 0. The summed E-state index contributed by atoms with van der Waals surface area (Å²) in [5, 5.41) is 3.22.